The summed E-state index contributed by atoms with van der Waals surface area (Å²) in [5.74, 6) is 0.837. The van der Waals surface area contributed by atoms with Crippen LogP contribution in [0, 0.1) is 0 Å². The molecular formula is C26H31N3O2S. The molecule has 2 aromatic heterocycles. The number of thiophene rings is 1. The van der Waals surface area contributed by atoms with Gasteiger partial charge in [-0.1, -0.05) is 12.1 Å². The van der Waals surface area contributed by atoms with E-state index < -0.39 is 0 Å². The molecule has 0 saturated heterocycles. The molecule has 3 aromatic rings. The Hall–Kier alpha value is -2.73. The number of aromatic nitrogens is 1. The van der Waals surface area contributed by atoms with Gasteiger partial charge in [-0.2, -0.15) is 0 Å². The van der Waals surface area contributed by atoms with Gasteiger partial charge in [-0.25, -0.2) is 4.79 Å². The van der Waals surface area contributed by atoms with E-state index in [1.54, 1.807) is 0 Å². The lowest BCUT2D eigenvalue weighted by molar-refractivity contribution is 0.178. The maximum absolute atomic E-state index is 13.6. The Kier molecular flexibility index (Phi) is 5.72. The zero-order chi connectivity index (χ0) is 22.2. The van der Waals surface area contributed by atoms with E-state index in [0.717, 1.165) is 29.8 Å². The van der Waals surface area contributed by atoms with Gasteiger partial charge in [0.05, 0.1) is 24.9 Å². The van der Waals surface area contributed by atoms with Crippen molar-refractivity contribution in [3.8, 4) is 10.8 Å². The van der Waals surface area contributed by atoms with Crippen molar-refractivity contribution in [2.75, 3.05) is 6.61 Å². The van der Waals surface area contributed by atoms with Gasteiger partial charge in [-0.15, -0.1) is 11.3 Å². The molecule has 1 N–H and O–H groups in total. The number of nitrogens with one attached hydrogen (secondary N) is 1. The maximum atomic E-state index is 13.6. The lowest BCUT2D eigenvalue weighted by Gasteiger charge is -2.32. The highest BCUT2D eigenvalue weighted by Crippen LogP contribution is 2.44. The molecule has 168 valence electrons. The first-order valence-electron chi connectivity index (χ1n) is 11.7. The Labute approximate surface area is 194 Å². The molecule has 0 bridgehead atoms. The van der Waals surface area contributed by atoms with E-state index in [-0.39, 0.29) is 18.1 Å². The first-order chi connectivity index (χ1) is 15.6. The van der Waals surface area contributed by atoms with E-state index in [2.05, 4.69) is 40.3 Å². The zero-order valence-corrected chi connectivity index (χ0v) is 19.9. The molecule has 5 nitrogen and oxygen atoms in total. The van der Waals surface area contributed by atoms with Crippen LogP contribution in [0.4, 0.5) is 4.79 Å². The van der Waals surface area contributed by atoms with Crippen LogP contribution in [0.25, 0.3) is 5.00 Å². The second kappa shape index (κ2) is 8.66. The predicted molar refractivity (Wildman–Crippen MR) is 129 cm³/mol. The summed E-state index contributed by atoms with van der Waals surface area (Å²) < 4.78 is 8.11. The standard InChI is InChI=1S/C26H31N3O2S/c1-4-31-19-10-7-9-18(15-19)24-22-12-8-14-28(22)25-21(16-29(24)26(30)27-17(2)3)20-11-5-6-13-23(20)32-25/h7-10,12,14-15,17,24H,4-6,11,13,16H2,1-3H3,(H,27,30). The van der Waals surface area contributed by atoms with E-state index in [9.17, 15) is 4.79 Å². The zero-order valence-electron chi connectivity index (χ0n) is 19.1. The van der Waals surface area contributed by atoms with Crippen LogP contribution >= 0.6 is 11.3 Å². The van der Waals surface area contributed by atoms with Crippen molar-refractivity contribution in [3.63, 3.8) is 0 Å². The average molecular weight is 450 g/mol. The van der Waals surface area contributed by atoms with Crippen LogP contribution in [0.2, 0.25) is 0 Å². The number of carbonyl (C=O) groups excluding carboxylic acids is 1. The summed E-state index contributed by atoms with van der Waals surface area (Å²) >= 11 is 1.91. The van der Waals surface area contributed by atoms with Gasteiger partial charge >= 0.3 is 6.03 Å². The monoisotopic (exact) mass is 449 g/mol. The third-order valence-corrected chi connectivity index (χ3v) is 7.67. The van der Waals surface area contributed by atoms with Crippen LogP contribution in [0.1, 0.15) is 66.9 Å². The van der Waals surface area contributed by atoms with Crippen molar-refractivity contribution in [3.05, 3.63) is 69.9 Å². The fourth-order valence-electron chi connectivity index (χ4n) is 5.01. The van der Waals surface area contributed by atoms with Crippen molar-refractivity contribution in [1.82, 2.24) is 14.8 Å². The first kappa shape index (κ1) is 21.1. The highest BCUT2D eigenvalue weighted by atomic mass is 32.1. The van der Waals surface area contributed by atoms with Crippen LogP contribution in [0.15, 0.2) is 42.6 Å². The third-order valence-electron chi connectivity index (χ3n) is 6.34. The topological polar surface area (TPSA) is 46.5 Å². The number of carbonyl (C=O) groups is 1. The number of hydrogen-bond donors (Lipinski definition) is 1. The SMILES string of the molecule is CCOc1cccc(C2c3cccn3-c3sc4c(c3CN2C(=O)NC(C)C)CCCC4)c1. The Bertz CT molecular complexity index is 1130. The van der Waals surface area contributed by atoms with Crippen LogP contribution < -0.4 is 10.1 Å². The number of rotatable bonds is 4. The largest absolute Gasteiger partial charge is 0.494 e. The molecule has 0 fully saturated rings. The minimum atomic E-state index is -0.192. The quantitative estimate of drug-likeness (QED) is 0.544. The minimum absolute atomic E-state index is 0.0248. The molecule has 5 rings (SSSR count). The van der Waals surface area contributed by atoms with Crippen LogP contribution in [-0.2, 0) is 19.4 Å². The third kappa shape index (κ3) is 3.71. The van der Waals surface area contributed by atoms with E-state index in [1.807, 2.05) is 49.1 Å². The van der Waals surface area contributed by atoms with Gasteiger partial charge in [-0.3, -0.25) is 0 Å². The normalized spacial score (nSPS) is 17.4. The fraction of sp³-hybridized carbons (Fsp3) is 0.423. The molecule has 3 heterocycles. The molecule has 2 amide bonds. The number of urea groups is 1. The summed E-state index contributed by atoms with van der Waals surface area (Å²) in [5, 5.41) is 4.44. The Balaban J connectivity index is 1.68. The molecule has 1 unspecified atom stereocenters. The summed E-state index contributed by atoms with van der Waals surface area (Å²) in [6, 6.07) is 12.3. The number of aryl methyl sites for hydroxylation is 1. The van der Waals surface area contributed by atoms with Crippen LogP contribution in [-0.4, -0.2) is 28.1 Å². The number of ether oxygens (including phenoxy) is 1. The minimum Gasteiger partial charge on any atom is -0.494 e. The summed E-state index contributed by atoms with van der Waals surface area (Å²) in [5.41, 5.74) is 4.99. The summed E-state index contributed by atoms with van der Waals surface area (Å²) in [4.78, 5) is 17.1. The van der Waals surface area contributed by atoms with E-state index in [1.165, 1.54) is 33.8 Å². The van der Waals surface area contributed by atoms with Crippen molar-refractivity contribution >= 4 is 17.4 Å². The number of benzene rings is 1. The summed E-state index contributed by atoms with van der Waals surface area (Å²) in [6.07, 6.45) is 6.91. The summed E-state index contributed by atoms with van der Waals surface area (Å²) in [7, 11) is 0. The highest BCUT2D eigenvalue weighted by molar-refractivity contribution is 7.15. The summed E-state index contributed by atoms with van der Waals surface area (Å²) in [6.45, 7) is 7.26. The Morgan fingerprint density at radius 1 is 1.19 bits per heavy atom. The maximum Gasteiger partial charge on any atom is 0.318 e. The average Bonchev–Trinajstić information content (AvgIpc) is 3.35. The van der Waals surface area contributed by atoms with Gasteiger partial charge in [0.15, 0.2) is 0 Å². The van der Waals surface area contributed by atoms with Gasteiger partial charge in [0.25, 0.3) is 0 Å². The van der Waals surface area contributed by atoms with Gasteiger partial charge in [0, 0.05) is 22.7 Å². The lowest BCUT2D eigenvalue weighted by Crippen LogP contribution is -2.44. The molecule has 1 aliphatic carbocycles. The fourth-order valence-corrected chi connectivity index (χ4v) is 6.41. The number of nitrogens with zero attached hydrogens (tertiary/aromatic N) is 2. The molecule has 32 heavy (non-hydrogen) atoms. The van der Waals surface area contributed by atoms with Gasteiger partial charge in [-0.05, 0) is 81.8 Å². The number of hydrogen-bond acceptors (Lipinski definition) is 3. The van der Waals surface area contributed by atoms with Gasteiger partial charge in [0.2, 0.25) is 0 Å². The molecule has 0 spiro atoms. The smallest absolute Gasteiger partial charge is 0.318 e. The highest BCUT2D eigenvalue weighted by Gasteiger charge is 2.36. The Morgan fingerprint density at radius 2 is 2.03 bits per heavy atom. The second-order valence-corrected chi connectivity index (χ2v) is 10.0. The first-order valence-corrected chi connectivity index (χ1v) is 12.5. The molecule has 1 aromatic carbocycles. The van der Waals surface area contributed by atoms with Gasteiger partial charge < -0.3 is 19.5 Å². The number of fused-ring (bicyclic) bond motifs is 5. The van der Waals surface area contributed by atoms with Crippen molar-refractivity contribution in [2.24, 2.45) is 0 Å². The second-order valence-electron chi connectivity index (χ2n) is 8.94. The molecular weight excluding hydrogens is 418 g/mol. The molecule has 1 aliphatic heterocycles. The molecule has 0 saturated carbocycles. The van der Waals surface area contributed by atoms with E-state index in [0.29, 0.717) is 13.2 Å². The predicted octanol–water partition coefficient (Wildman–Crippen LogP) is 5.84. The van der Waals surface area contributed by atoms with Crippen LogP contribution in [0.5, 0.6) is 5.75 Å². The molecule has 6 heteroatoms. The number of amides is 2. The van der Waals surface area contributed by atoms with E-state index in [4.69, 9.17) is 4.74 Å². The van der Waals surface area contributed by atoms with E-state index >= 15 is 0 Å². The Morgan fingerprint density at radius 3 is 2.84 bits per heavy atom. The molecule has 2 aliphatic rings. The van der Waals surface area contributed by atoms with Crippen molar-refractivity contribution in [1.29, 1.82) is 0 Å². The van der Waals surface area contributed by atoms with Crippen molar-refractivity contribution < 1.29 is 9.53 Å². The lowest BCUT2D eigenvalue weighted by atomic mass is 9.95. The van der Waals surface area contributed by atoms with Crippen LogP contribution in [0.3, 0.4) is 0 Å². The van der Waals surface area contributed by atoms with Gasteiger partial charge in [0.1, 0.15) is 10.8 Å². The molecule has 1 atom stereocenters. The van der Waals surface area contributed by atoms with Crippen molar-refractivity contribution in [2.45, 2.75) is 65.1 Å². The molecule has 0 radical (unpaired) electrons.